The molecule has 126 valence electrons. The summed E-state index contributed by atoms with van der Waals surface area (Å²) in [5.41, 5.74) is 3.87. The van der Waals surface area contributed by atoms with Crippen molar-refractivity contribution >= 4 is 23.4 Å². The molecule has 0 saturated heterocycles. The van der Waals surface area contributed by atoms with Gasteiger partial charge >= 0.3 is 0 Å². The lowest BCUT2D eigenvalue weighted by molar-refractivity contribution is -0.136. The molecule has 0 saturated carbocycles. The van der Waals surface area contributed by atoms with E-state index in [-0.39, 0.29) is 24.3 Å². The molecule has 1 aromatic rings. The van der Waals surface area contributed by atoms with E-state index in [0.717, 1.165) is 22.4 Å². The number of carbonyl (C=O) groups excluding carboxylic acids is 3. The van der Waals surface area contributed by atoms with Crippen molar-refractivity contribution in [2.75, 3.05) is 18.9 Å². The minimum Gasteiger partial charge on any atom is -0.345 e. The first kappa shape index (κ1) is 18.7. The molecule has 1 unspecified atom stereocenters. The van der Waals surface area contributed by atoms with Gasteiger partial charge in [0.1, 0.15) is 6.04 Å². The standard InChI is InChI=1S/C17H25N3O3/c1-10-7-11(2)16(12(3)8-10)19-15(22)9-20(6)17(23)13(4)18-14(5)21/h7-8,13H,9H2,1-6H3,(H,18,21)(H,19,22). The van der Waals surface area contributed by atoms with Crippen LogP contribution in [0.1, 0.15) is 30.5 Å². The summed E-state index contributed by atoms with van der Waals surface area (Å²) in [6.07, 6.45) is 0. The molecule has 6 heteroatoms. The van der Waals surface area contributed by atoms with Crippen LogP contribution in [0.2, 0.25) is 0 Å². The second kappa shape index (κ2) is 7.76. The number of hydrogen-bond donors (Lipinski definition) is 2. The van der Waals surface area contributed by atoms with E-state index in [1.807, 2.05) is 32.9 Å². The summed E-state index contributed by atoms with van der Waals surface area (Å²) in [5, 5.41) is 5.36. The van der Waals surface area contributed by atoms with Crippen LogP contribution in [0.25, 0.3) is 0 Å². The van der Waals surface area contributed by atoms with Crippen molar-refractivity contribution in [2.45, 2.75) is 40.7 Å². The second-order valence-corrected chi connectivity index (χ2v) is 5.94. The first-order valence-electron chi connectivity index (χ1n) is 7.51. The van der Waals surface area contributed by atoms with Crippen LogP contribution in [0.4, 0.5) is 5.69 Å². The third-order valence-corrected chi connectivity index (χ3v) is 3.49. The summed E-state index contributed by atoms with van der Waals surface area (Å²) in [6.45, 7) is 8.73. The zero-order chi connectivity index (χ0) is 17.7. The van der Waals surface area contributed by atoms with Crippen molar-refractivity contribution in [1.29, 1.82) is 0 Å². The number of amides is 3. The van der Waals surface area contributed by atoms with Crippen LogP contribution >= 0.6 is 0 Å². The highest BCUT2D eigenvalue weighted by atomic mass is 16.2. The zero-order valence-corrected chi connectivity index (χ0v) is 14.6. The lowest BCUT2D eigenvalue weighted by Crippen LogP contribution is -2.47. The van der Waals surface area contributed by atoms with E-state index < -0.39 is 6.04 Å². The third kappa shape index (κ3) is 5.39. The number of hydrogen-bond acceptors (Lipinski definition) is 3. The molecular weight excluding hydrogens is 294 g/mol. The molecule has 1 aromatic carbocycles. The van der Waals surface area contributed by atoms with Gasteiger partial charge < -0.3 is 15.5 Å². The summed E-state index contributed by atoms with van der Waals surface area (Å²) in [5.74, 6) is -0.867. The van der Waals surface area contributed by atoms with Gasteiger partial charge in [-0.05, 0) is 38.8 Å². The summed E-state index contributed by atoms with van der Waals surface area (Å²) in [7, 11) is 1.54. The minimum absolute atomic E-state index is 0.0739. The number of carbonyl (C=O) groups is 3. The largest absolute Gasteiger partial charge is 0.345 e. The lowest BCUT2D eigenvalue weighted by Gasteiger charge is -2.22. The Bertz CT molecular complexity index is 603. The predicted molar refractivity (Wildman–Crippen MR) is 90.2 cm³/mol. The Morgan fingerprint density at radius 1 is 1.13 bits per heavy atom. The van der Waals surface area contributed by atoms with Gasteiger partial charge in [-0.25, -0.2) is 0 Å². The number of anilines is 1. The predicted octanol–water partition coefficient (Wildman–Crippen LogP) is 1.53. The van der Waals surface area contributed by atoms with Crippen molar-refractivity contribution < 1.29 is 14.4 Å². The van der Waals surface area contributed by atoms with Gasteiger partial charge in [-0.1, -0.05) is 17.7 Å². The van der Waals surface area contributed by atoms with Gasteiger partial charge in [0.2, 0.25) is 17.7 Å². The lowest BCUT2D eigenvalue weighted by atomic mass is 10.1. The molecule has 0 fully saturated rings. The molecule has 0 radical (unpaired) electrons. The quantitative estimate of drug-likeness (QED) is 0.864. The summed E-state index contributed by atoms with van der Waals surface area (Å²) < 4.78 is 0. The monoisotopic (exact) mass is 319 g/mol. The van der Waals surface area contributed by atoms with Crippen LogP contribution in [0.3, 0.4) is 0 Å². The molecule has 3 amide bonds. The van der Waals surface area contributed by atoms with Crippen molar-refractivity contribution in [2.24, 2.45) is 0 Å². The minimum atomic E-state index is -0.659. The van der Waals surface area contributed by atoms with Gasteiger partial charge in [-0.15, -0.1) is 0 Å². The first-order chi connectivity index (χ1) is 10.6. The fourth-order valence-corrected chi connectivity index (χ4v) is 2.55. The Balaban J connectivity index is 2.70. The summed E-state index contributed by atoms with van der Waals surface area (Å²) >= 11 is 0. The maximum atomic E-state index is 12.2. The summed E-state index contributed by atoms with van der Waals surface area (Å²) in [4.78, 5) is 36.5. The van der Waals surface area contributed by atoms with Crippen molar-refractivity contribution in [3.63, 3.8) is 0 Å². The maximum Gasteiger partial charge on any atom is 0.245 e. The van der Waals surface area contributed by atoms with Gasteiger partial charge in [-0.2, -0.15) is 0 Å². The summed E-state index contributed by atoms with van der Waals surface area (Å²) in [6, 6.07) is 3.33. The fraction of sp³-hybridized carbons (Fsp3) is 0.471. The molecule has 0 aliphatic rings. The van der Waals surface area contributed by atoms with Crippen LogP contribution in [0, 0.1) is 20.8 Å². The number of benzene rings is 1. The smallest absolute Gasteiger partial charge is 0.245 e. The Hall–Kier alpha value is -2.37. The van der Waals surface area contributed by atoms with Gasteiger partial charge in [-0.3, -0.25) is 14.4 Å². The van der Waals surface area contributed by atoms with Gasteiger partial charge in [0.15, 0.2) is 0 Å². The molecule has 0 aromatic heterocycles. The number of rotatable bonds is 5. The number of likely N-dealkylation sites (N-methyl/N-ethyl adjacent to an activating group) is 1. The second-order valence-electron chi connectivity index (χ2n) is 5.94. The molecule has 0 aliphatic carbocycles. The van der Waals surface area contributed by atoms with Crippen LogP contribution in [0.15, 0.2) is 12.1 Å². The SMILES string of the molecule is CC(=O)NC(C)C(=O)N(C)CC(=O)Nc1c(C)cc(C)cc1C. The third-order valence-electron chi connectivity index (χ3n) is 3.49. The molecule has 0 spiro atoms. The zero-order valence-electron chi connectivity index (χ0n) is 14.6. The number of aryl methyl sites for hydroxylation is 3. The average molecular weight is 319 g/mol. The molecule has 23 heavy (non-hydrogen) atoms. The van der Waals surface area contributed by atoms with E-state index in [0.29, 0.717) is 0 Å². The molecule has 2 N–H and O–H groups in total. The van der Waals surface area contributed by atoms with E-state index in [1.165, 1.54) is 18.9 Å². The molecule has 6 nitrogen and oxygen atoms in total. The Morgan fingerprint density at radius 3 is 2.13 bits per heavy atom. The normalized spacial score (nSPS) is 11.6. The van der Waals surface area contributed by atoms with Gasteiger partial charge in [0.25, 0.3) is 0 Å². The molecule has 1 rings (SSSR count). The van der Waals surface area contributed by atoms with E-state index in [1.54, 1.807) is 6.92 Å². The van der Waals surface area contributed by atoms with Crippen LogP contribution in [-0.2, 0) is 14.4 Å². The molecular formula is C17H25N3O3. The highest BCUT2D eigenvalue weighted by Crippen LogP contribution is 2.21. The molecule has 0 heterocycles. The highest BCUT2D eigenvalue weighted by Gasteiger charge is 2.20. The van der Waals surface area contributed by atoms with E-state index in [2.05, 4.69) is 10.6 Å². The van der Waals surface area contributed by atoms with Crippen LogP contribution in [0.5, 0.6) is 0 Å². The topological polar surface area (TPSA) is 78.5 Å². The van der Waals surface area contributed by atoms with E-state index >= 15 is 0 Å². The Kier molecular flexibility index (Phi) is 6.30. The van der Waals surface area contributed by atoms with Crippen molar-refractivity contribution in [1.82, 2.24) is 10.2 Å². The van der Waals surface area contributed by atoms with E-state index in [9.17, 15) is 14.4 Å². The molecule has 1 atom stereocenters. The van der Waals surface area contributed by atoms with E-state index in [4.69, 9.17) is 0 Å². The van der Waals surface area contributed by atoms with Crippen LogP contribution < -0.4 is 10.6 Å². The van der Waals surface area contributed by atoms with Crippen molar-refractivity contribution in [3.05, 3.63) is 28.8 Å². The number of nitrogens with one attached hydrogen (secondary N) is 2. The maximum absolute atomic E-state index is 12.2. The van der Waals surface area contributed by atoms with Gasteiger partial charge in [0, 0.05) is 19.7 Å². The molecule has 0 bridgehead atoms. The fourth-order valence-electron chi connectivity index (χ4n) is 2.55. The average Bonchev–Trinajstić information content (AvgIpc) is 2.41. The number of nitrogens with zero attached hydrogens (tertiary/aromatic N) is 1. The highest BCUT2D eigenvalue weighted by molar-refractivity contribution is 5.96. The van der Waals surface area contributed by atoms with Crippen LogP contribution in [-0.4, -0.2) is 42.3 Å². The van der Waals surface area contributed by atoms with Crippen molar-refractivity contribution in [3.8, 4) is 0 Å². The van der Waals surface area contributed by atoms with Gasteiger partial charge in [0.05, 0.1) is 6.54 Å². The Morgan fingerprint density at radius 2 is 1.65 bits per heavy atom. The first-order valence-corrected chi connectivity index (χ1v) is 7.51. The molecule has 0 aliphatic heterocycles. The Labute approximate surface area is 137 Å².